The third-order valence-corrected chi connectivity index (χ3v) is 5.29. The average Bonchev–Trinajstić information content (AvgIpc) is 2.98. The fourth-order valence-electron chi connectivity index (χ4n) is 3.40. The molecule has 0 spiro atoms. The number of carbonyl (C=O) groups is 2. The lowest BCUT2D eigenvalue weighted by Crippen LogP contribution is -2.40. The molecule has 4 N–H and O–H groups in total. The van der Waals surface area contributed by atoms with E-state index in [0.717, 1.165) is 0 Å². The van der Waals surface area contributed by atoms with E-state index in [0.29, 0.717) is 31.0 Å². The number of nitrogens with two attached hydrogens (primary N) is 1. The van der Waals surface area contributed by atoms with Crippen LogP contribution in [0.2, 0.25) is 0 Å². The van der Waals surface area contributed by atoms with Gasteiger partial charge in [-0.05, 0) is 30.3 Å². The molecule has 160 valence electrons. The maximum atomic E-state index is 14.5. The summed E-state index contributed by atoms with van der Waals surface area (Å²) in [6.07, 6.45) is 0.202. The molecule has 2 saturated heterocycles. The van der Waals surface area contributed by atoms with Crippen LogP contribution in [-0.4, -0.2) is 65.3 Å². The van der Waals surface area contributed by atoms with Crippen LogP contribution in [0.15, 0.2) is 30.3 Å². The van der Waals surface area contributed by atoms with Crippen molar-refractivity contribution >= 4 is 17.5 Å². The molecule has 8 nitrogen and oxygen atoms in total. The van der Waals surface area contributed by atoms with Gasteiger partial charge in [0, 0.05) is 31.1 Å². The van der Waals surface area contributed by atoms with Gasteiger partial charge in [-0.25, -0.2) is 9.37 Å². The first-order chi connectivity index (χ1) is 14.8. The van der Waals surface area contributed by atoms with E-state index < -0.39 is 23.2 Å². The third kappa shape index (κ3) is 4.08. The van der Waals surface area contributed by atoms with E-state index >= 15 is 0 Å². The monoisotopic (exact) mass is 424 g/mol. The molecule has 0 saturated carbocycles. The molecule has 1 aromatic carbocycles. The number of likely N-dealkylation sites (N-methyl/N-ethyl adjacent to an activating group) is 1. The van der Waals surface area contributed by atoms with Crippen LogP contribution in [0.1, 0.15) is 22.5 Å². The molecule has 2 fully saturated rings. The molecule has 9 heteroatoms. The molecule has 0 aliphatic carbocycles. The van der Waals surface area contributed by atoms with Gasteiger partial charge in [0.2, 0.25) is 5.60 Å². The molecule has 0 bridgehead atoms. The summed E-state index contributed by atoms with van der Waals surface area (Å²) >= 11 is 0. The summed E-state index contributed by atoms with van der Waals surface area (Å²) in [5.41, 5.74) is 4.88. The standard InChI is InChI=1S/C22H21FN4O4/c1-27-9-8-22(30,21(27)29)7-6-13-2-3-16(23)15(10-13)17-4-5-18(19(26-17)20(24)28)25-14-11-31-12-14/h2-5,10,14,25,30H,8-9,11-12H2,1H3,(H2,24,28)/t22-/m0/s1. The highest BCUT2D eigenvalue weighted by atomic mass is 19.1. The number of nitrogens with one attached hydrogen (secondary N) is 1. The Morgan fingerprint density at radius 1 is 1.39 bits per heavy atom. The summed E-state index contributed by atoms with van der Waals surface area (Å²) in [7, 11) is 1.59. The first-order valence-corrected chi connectivity index (χ1v) is 9.73. The summed E-state index contributed by atoms with van der Waals surface area (Å²) < 4.78 is 19.7. The summed E-state index contributed by atoms with van der Waals surface area (Å²) in [6.45, 7) is 1.44. The van der Waals surface area contributed by atoms with E-state index in [-0.39, 0.29) is 29.4 Å². The smallest absolute Gasteiger partial charge is 0.269 e. The Balaban J connectivity index is 1.66. The molecular weight excluding hydrogens is 403 g/mol. The van der Waals surface area contributed by atoms with Gasteiger partial charge in [0.25, 0.3) is 11.8 Å². The maximum absolute atomic E-state index is 14.5. The number of aromatic nitrogens is 1. The number of nitrogens with zero attached hydrogens (tertiary/aromatic N) is 2. The van der Waals surface area contributed by atoms with Crippen molar-refractivity contribution in [1.82, 2.24) is 9.88 Å². The van der Waals surface area contributed by atoms with E-state index in [1.165, 1.54) is 23.1 Å². The van der Waals surface area contributed by atoms with Crippen LogP contribution in [0.5, 0.6) is 0 Å². The van der Waals surface area contributed by atoms with Gasteiger partial charge < -0.3 is 25.8 Å². The molecule has 0 unspecified atom stereocenters. The first kappa shape index (κ1) is 20.8. The van der Waals surface area contributed by atoms with Gasteiger partial charge in [0.05, 0.1) is 30.6 Å². The molecule has 1 aromatic heterocycles. The number of hydrogen-bond acceptors (Lipinski definition) is 6. The second-order valence-electron chi connectivity index (χ2n) is 7.62. The molecule has 2 amide bonds. The van der Waals surface area contributed by atoms with E-state index in [1.54, 1.807) is 19.2 Å². The van der Waals surface area contributed by atoms with Gasteiger partial charge in [0.1, 0.15) is 5.82 Å². The number of likely N-dealkylation sites (tertiary alicyclic amines) is 1. The van der Waals surface area contributed by atoms with Crippen molar-refractivity contribution in [2.75, 3.05) is 32.1 Å². The van der Waals surface area contributed by atoms with E-state index in [2.05, 4.69) is 22.1 Å². The Labute approximate surface area is 178 Å². The highest BCUT2D eigenvalue weighted by Gasteiger charge is 2.42. The Morgan fingerprint density at radius 3 is 2.77 bits per heavy atom. The predicted octanol–water partition coefficient (Wildman–Crippen LogP) is 0.742. The van der Waals surface area contributed by atoms with Gasteiger partial charge in [0.15, 0.2) is 5.69 Å². The van der Waals surface area contributed by atoms with Gasteiger partial charge >= 0.3 is 0 Å². The van der Waals surface area contributed by atoms with Crippen LogP contribution in [-0.2, 0) is 9.53 Å². The van der Waals surface area contributed by atoms with Crippen LogP contribution in [0, 0.1) is 17.7 Å². The number of halogens is 1. The number of carbonyl (C=O) groups excluding carboxylic acids is 2. The molecular formula is C22H21FN4O4. The predicted molar refractivity (Wildman–Crippen MR) is 110 cm³/mol. The molecule has 0 radical (unpaired) electrons. The van der Waals surface area contributed by atoms with Gasteiger partial charge in [-0.3, -0.25) is 9.59 Å². The minimum absolute atomic E-state index is 0.00538. The zero-order valence-electron chi connectivity index (χ0n) is 16.8. The Hall–Kier alpha value is -3.48. The number of aliphatic hydroxyl groups is 1. The number of primary amides is 1. The largest absolute Gasteiger partial charge is 0.377 e. The van der Waals surface area contributed by atoms with Crippen molar-refractivity contribution < 1.29 is 23.8 Å². The third-order valence-electron chi connectivity index (χ3n) is 5.29. The van der Waals surface area contributed by atoms with Gasteiger partial charge in [-0.2, -0.15) is 0 Å². The molecule has 31 heavy (non-hydrogen) atoms. The number of pyridine rings is 1. The quantitative estimate of drug-likeness (QED) is 0.624. The lowest BCUT2D eigenvalue weighted by atomic mass is 10.0. The van der Waals surface area contributed by atoms with Crippen molar-refractivity contribution in [3.8, 4) is 23.1 Å². The lowest BCUT2D eigenvalue weighted by Gasteiger charge is -2.28. The second kappa shape index (κ2) is 7.98. The van der Waals surface area contributed by atoms with Crippen LogP contribution in [0.25, 0.3) is 11.3 Å². The Bertz CT molecular complexity index is 1120. The zero-order chi connectivity index (χ0) is 22.2. The number of rotatable bonds is 4. The van der Waals surface area contributed by atoms with Crippen molar-refractivity contribution in [3.63, 3.8) is 0 Å². The number of anilines is 1. The second-order valence-corrected chi connectivity index (χ2v) is 7.62. The van der Waals surface area contributed by atoms with Crippen LogP contribution >= 0.6 is 0 Å². The van der Waals surface area contributed by atoms with E-state index in [1.807, 2.05) is 0 Å². The van der Waals surface area contributed by atoms with Crippen molar-refractivity contribution in [2.24, 2.45) is 5.73 Å². The SMILES string of the molecule is CN1CC[C@@](O)(C#Cc2ccc(F)c(-c3ccc(NC4COC4)c(C(N)=O)n3)c2)C1=O. The van der Waals surface area contributed by atoms with E-state index in [9.17, 15) is 19.1 Å². The topological polar surface area (TPSA) is 118 Å². The molecule has 2 aromatic rings. The fraction of sp³-hybridized carbons (Fsp3) is 0.318. The van der Waals surface area contributed by atoms with Crippen molar-refractivity contribution in [2.45, 2.75) is 18.1 Å². The van der Waals surface area contributed by atoms with Crippen molar-refractivity contribution in [3.05, 3.63) is 47.4 Å². The summed E-state index contributed by atoms with van der Waals surface area (Å²) in [4.78, 5) is 29.6. The molecule has 2 aliphatic rings. The van der Waals surface area contributed by atoms with Gasteiger partial charge in [-0.1, -0.05) is 11.8 Å². The summed E-state index contributed by atoms with van der Waals surface area (Å²) in [5.74, 6) is 3.58. The van der Waals surface area contributed by atoms with Crippen molar-refractivity contribution in [1.29, 1.82) is 0 Å². The number of benzene rings is 1. The first-order valence-electron chi connectivity index (χ1n) is 9.73. The molecule has 3 heterocycles. The molecule has 1 atom stereocenters. The highest BCUT2D eigenvalue weighted by molar-refractivity contribution is 5.97. The minimum atomic E-state index is -1.75. The zero-order valence-corrected chi connectivity index (χ0v) is 16.8. The highest BCUT2D eigenvalue weighted by Crippen LogP contribution is 2.27. The van der Waals surface area contributed by atoms with Crippen LogP contribution in [0.3, 0.4) is 0 Å². The number of ether oxygens (including phenoxy) is 1. The molecule has 2 aliphatic heterocycles. The lowest BCUT2D eigenvalue weighted by molar-refractivity contribution is -0.137. The summed E-state index contributed by atoms with van der Waals surface area (Å²) in [6, 6.07) is 7.37. The van der Waals surface area contributed by atoms with Crippen LogP contribution in [0.4, 0.5) is 10.1 Å². The normalized spacial score (nSPS) is 20.7. The molecule has 4 rings (SSSR count). The Morgan fingerprint density at radius 2 is 2.16 bits per heavy atom. The fourth-order valence-corrected chi connectivity index (χ4v) is 3.40. The van der Waals surface area contributed by atoms with Crippen LogP contribution < -0.4 is 11.1 Å². The maximum Gasteiger partial charge on any atom is 0.269 e. The number of hydrogen-bond donors (Lipinski definition) is 3. The average molecular weight is 424 g/mol. The summed E-state index contributed by atoms with van der Waals surface area (Å²) in [5, 5.41) is 13.6. The number of amides is 2. The minimum Gasteiger partial charge on any atom is -0.377 e. The Kier molecular flexibility index (Phi) is 5.35. The van der Waals surface area contributed by atoms with Gasteiger partial charge in [-0.15, -0.1) is 0 Å². The van der Waals surface area contributed by atoms with E-state index in [4.69, 9.17) is 10.5 Å².